The van der Waals surface area contributed by atoms with Crippen LogP contribution >= 0.6 is 0 Å². The van der Waals surface area contributed by atoms with Crippen LogP contribution in [0.5, 0.6) is 0 Å². The zero-order valence-corrected chi connectivity index (χ0v) is 18.6. The predicted molar refractivity (Wildman–Crippen MR) is 110 cm³/mol. The third kappa shape index (κ3) is 7.04. The minimum absolute atomic E-state index is 0.0704. The molecule has 29 heavy (non-hydrogen) atoms. The topological polar surface area (TPSA) is 121 Å². The normalized spacial score (nSPS) is 14.6. The zero-order chi connectivity index (χ0) is 21.8. The third-order valence-electron chi connectivity index (χ3n) is 4.44. The summed E-state index contributed by atoms with van der Waals surface area (Å²) in [4.78, 5) is 34.7. The number of rotatable bonds is 7. The highest BCUT2D eigenvalue weighted by Gasteiger charge is 2.26. The molecule has 1 aromatic heterocycles. The first-order valence-corrected chi connectivity index (χ1v) is 11.4. The van der Waals surface area contributed by atoms with Gasteiger partial charge in [-0.1, -0.05) is 20.8 Å². The van der Waals surface area contributed by atoms with Crippen LogP contribution in [0.15, 0.2) is 6.20 Å². The highest BCUT2D eigenvalue weighted by molar-refractivity contribution is 7.89. The second-order valence-corrected chi connectivity index (χ2v) is 10.5. The molecule has 2 amide bonds. The molecule has 1 aliphatic heterocycles. The van der Waals surface area contributed by atoms with Crippen molar-refractivity contribution in [3.8, 4) is 0 Å². The highest BCUT2D eigenvalue weighted by atomic mass is 32.2. The van der Waals surface area contributed by atoms with Crippen molar-refractivity contribution in [1.29, 1.82) is 0 Å². The van der Waals surface area contributed by atoms with Gasteiger partial charge in [0.2, 0.25) is 21.8 Å². The summed E-state index contributed by atoms with van der Waals surface area (Å²) < 4.78 is 26.3. The molecule has 0 aromatic carbocycles. The minimum Gasteiger partial charge on any atom is -0.353 e. The minimum atomic E-state index is -3.71. The first kappa shape index (κ1) is 23.2. The summed E-state index contributed by atoms with van der Waals surface area (Å²) in [6.45, 7) is 10.3. The van der Waals surface area contributed by atoms with Crippen LogP contribution in [0.1, 0.15) is 58.1 Å². The first-order chi connectivity index (χ1) is 13.4. The number of aromatic nitrogens is 2. The van der Waals surface area contributed by atoms with Gasteiger partial charge >= 0.3 is 0 Å². The van der Waals surface area contributed by atoms with Crippen LogP contribution in [-0.4, -0.2) is 60.0 Å². The molecule has 10 heteroatoms. The van der Waals surface area contributed by atoms with Gasteiger partial charge in [-0.15, -0.1) is 0 Å². The van der Waals surface area contributed by atoms with E-state index in [9.17, 15) is 18.0 Å². The Hall–Kier alpha value is -2.07. The summed E-state index contributed by atoms with van der Waals surface area (Å²) in [5.74, 6) is -0.233. The van der Waals surface area contributed by atoms with E-state index in [2.05, 4.69) is 20.0 Å². The number of sulfonamides is 1. The van der Waals surface area contributed by atoms with Crippen molar-refractivity contribution < 1.29 is 18.0 Å². The third-order valence-corrected chi connectivity index (χ3v) is 5.77. The van der Waals surface area contributed by atoms with Crippen LogP contribution in [0.2, 0.25) is 0 Å². The number of carbonyl (C=O) groups excluding carboxylic acids is 2. The van der Waals surface area contributed by atoms with Gasteiger partial charge in [0.15, 0.2) is 0 Å². The van der Waals surface area contributed by atoms with Crippen LogP contribution in [0.3, 0.4) is 0 Å². The van der Waals surface area contributed by atoms with Crippen LogP contribution in [0, 0.1) is 0 Å². The van der Waals surface area contributed by atoms with Gasteiger partial charge in [-0.2, -0.15) is 0 Å². The fourth-order valence-electron chi connectivity index (χ4n) is 2.89. The van der Waals surface area contributed by atoms with Crippen molar-refractivity contribution in [3.63, 3.8) is 0 Å². The summed E-state index contributed by atoms with van der Waals surface area (Å²) in [5, 5.41) is 2.60. The van der Waals surface area contributed by atoms with Crippen molar-refractivity contribution in [2.24, 2.45) is 0 Å². The van der Waals surface area contributed by atoms with Gasteiger partial charge in [-0.25, -0.2) is 23.1 Å². The molecule has 2 N–H and O–H groups in total. The summed E-state index contributed by atoms with van der Waals surface area (Å²) in [6, 6.07) is -0.0704. The molecule has 0 saturated heterocycles. The largest absolute Gasteiger partial charge is 0.353 e. The van der Waals surface area contributed by atoms with Gasteiger partial charge in [0, 0.05) is 49.1 Å². The Morgan fingerprint density at radius 3 is 2.59 bits per heavy atom. The number of hydrogen-bond acceptors (Lipinski definition) is 6. The maximum absolute atomic E-state index is 12.5. The molecule has 0 spiro atoms. The number of nitrogens with zero attached hydrogens (tertiary/aromatic N) is 3. The Bertz CT molecular complexity index is 862. The van der Waals surface area contributed by atoms with Gasteiger partial charge < -0.3 is 10.2 Å². The molecule has 0 aliphatic carbocycles. The number of nitrogens with one attached hydrogen (secondary N) is 2. The summed E-state index contributed by atoms with van der Waals surface area (Å²) in [5.41, 5.74) is 1.69. The average Bonchev–Trinajstić information content (AvgIpc) is 2.62. The maximum atomic E-state index is 12.5. The lowest BCUT2D eigenvalue weighted by Crippen LogP contribution is -2.41. The molecule has 9 nitrogen and oxygen atoms in total. The highest BCUT2D eigenvalue weighted by Crippen LogP contribution is 2.22. The summed E-state index contributed by atoms with van der Waals surface area (Å²) in [6.07, 6.45) is 2.23. The van der Waals surface area contributed by atoms with Crippen molar-refractivity contribution in [3.05, 3.63) is 23.3 Å². The Balaban J connectivity index is 1.88. The van der Waals surface area contributed by atoms with E-state index in [4.69, 9.17) is 0 Å². The van der Waals surface area contributed by atoms with Gasteiger partial charge in [0.25, 0.3) is 0 Å². The molecule has 0 radical (unpaired) electrons. The first-order valence-electron chi connectivity index (χ1n) is 9.77. The van der Waals surface area contributed by atoms with E-state index >= 15 is 0 Å². The predicted octanol–water partition coefficient (Wildman–Crippen LogP) is 0.493. The lowest BCUT2D eigenvalue weighted by molar-refractivity contribution is -0.131. The average molecular weight is 426 g/mol. The molecule has 2 rings (SSSR count). The van der Waals surface area contributed by atoms with Gasteiger partial charge in [-0.05, 0) is 13.8 Å². The summed E-state index contributed by atoms with van der Waals surface area (Å²) in [7, 11) is -3.71. The molecular weight excluding hydrogens is 394 g/mol. The smallest absolute Gasteiger partial charge is 0.235 e. The lowest BCUT2D eigenvalue weighted by Gasteiger charge is -2.29. The number of carbonyl (C=O) groups is 2. The Labute approximate surface area is 172 Å². The maximum Gasteiger partial charge on any atom is 0.235 e. The molecule has 0 atom stereocenters. The molecule has 0 saturated carbocycles. The standard InChI is InChI=1S/C19H31N5O4S/c1-13(2)22-16(25)11-21-29(27,28)9-7-17(26)24-8-6-15-14(12-24)10-20-18(23-15)19(3,4)5/h10,13,21H,6-9,11-12H2,1-5H3,(H,22,25). The molecule has 0 fully saturated rings. The molecule has 1 aliphatic rings. The van der Waals surface area contributed by atoms with Crippen molar-refractivity contribution >= 4 is 21.8 Å². The fraction of sp³-hybridized carbons (Fsp3) is 0.684. The second kappa shape index (κ2) is 9.17. The van der Waals surface area contributed by atoms with Crippen molar-refractivity contribution in [2.45, 2.75) is 65.5 Å². The number of amides is 2. The van der Waals surface area contributed by atoms with E-state index in [1.165, 1.54) is 0 Å². The Morgan fingerprint density at radius 1 is 1.28 bits per heavy atom. The SMILES string of the molecule is CC(C)NC(=O)CNS(=O)(=O)CCC(=O)N1CCc2nc(C(C)(C)C)ncc2C1. The van der Waals surface area contributed by atoms with E-state index in [-0.39, 0.29) is 36.1 Å². The zero-order valence-electron chi connectivity index (χ0n) is 17.8. The van der Waals surface area contributed by atoms with Gasteiger partial charge in [-0.3, -0.25) is 9.59 Å². The van der Waals surface area contributed by atoms with E-state index < -0.39 is 15.9 Å². The molecule has 2 heterocycles. The lowest BCUT2D eigenvalue weighted by atomic mass is 9.95. The molecular formula is C19H31N5O4S. The molecule has 1 aromatic rings. The number of fused-ring (bicyclic) bond motifs is 1. The quantitative estimate of drug-likeness (QED) is 0.656. The van der Waals surface area contributed by atoms with E-state index in [1.54, 1.807) is 24.9 Å². The second-order valence-electron chi connectivity index (χ2n) is 8.59. The van der Waals surface area contributed by atoms with Crippen LogP contribution in [0.25, 0.3) is 0 Å². The van der Waals surface area contributed by atoms with Gasteiger partial charge in [0.05, 0.1) is 18.0 Å². The van der Waals surface area contributed by atoms with Crippen molar-refractivity contribution in [2.75, 3.05) is 18.8 Å². The molecule has 162 valence electrons. The Morgan fingerprint density at radius 2 is 1.97 bits per heavy atom. The van der Waals surface area contributed by atoms with Crippen LogP contribution in [0.4, 0.5) is 0 Å². The van der Waals surface area contributed by atoms with Crippen molar-refractivity contribution in [1.82, 2.24) is 24.9 Å². The summed E-state index contributed by atoms with van der Waals surface area (Å²) >= 11 is 0. The van der Waals surface area contributed by atoms with Crippen LogP contribution in [-0.2, 0) is 38.0 Å². The van der Waals surface area contributed by atoms with E-state index in [0.717, 1.165) is 17.1 Å². The van der Waals surface area contributed by atoms with Gasteiger partial charge in [0.1, 0.15) is 5.82 Å². The monoisotopic (exact) mass is 425 g/mol. The molecule has 0 bridgehead atoms. The van der Waals surface area contributed by atoms with Crippen LogP contribution < -0.4 is 10.0 Å². The molecule has 0 unspecified atom stereocenters. The Kier molecular flexibility index (Phi) is 7.34. The fourth-order valence-corrected chi connectivity index (χ4v) is 3.83. The van der Waals surface area contributed by atoms with E-state index in [0.29, 0.717) is 19.5 Å². The number of hydrogen-bond donors (Lipinski definition) is 2. The van der Waals surface area contributed by atoms with E-state index in [1.807, 2.05) is 20.8 Å².